The van der Waals surface area contributed by atoms with Gasteiger partial charge in [0.25, 0.3) is 0 Å². The summed E-state index contributed by atoms with van der Waals surface area (Å²) in [6.07, 6.45) is 8.03. The molecular weight excluding hydrogens is 390 g/mol. The molecule has 1 aromatic carbocycles. The average molecular weight is 424 g/mol. The van der Waals surface area contributed by atoms with Gasteiger partial charge in [-0.05, 0) is 50.2 Å². The van der Waals surface area contributed by atoms with E-state index < -0.39 is 0 Å². The van der Waals surface area contributed by atoms with Gasteiger partial charge in [-0.2, -0.15) is 0 Å². The molecule has 1 aromatic rings. The SMILES string of the molecule is C=CCOCC1CCC(NC2N=CC3=C(N2)N(C)C(=O)N(c2ccccc2C)C3)CC1. The third-order valence-electron chi connectivity index (χ3n) is 6.37. The highest BCUT2D eigenvalue weighted by molar-refractivity contribution is 5.99. The molecule has 1 aliphatic carbocycles. The number of hydrogen-bond donors (Lipinski definition) is 2. The topological polar surface area (TPSA) is 69.2 Å². The molecule has 1 unspecified atom stereocenters. The molecule has 1 atom stereocenters. The van der Waals surface area contributed by atoms with Crippen molar-refractivity contribution < 1.29 is 9.53 Å². The van der Waals surface area contributed by atoms with Crippen molar-refractivity contribution in [1.29, 1.82) is 0 Å². The molecule has 7 nitrogen and oxygen atoms in total. The number of rotatable bonds is 7. The number of urea groups is 1. The standard InChI is InChI=1S/C24H33N5O2/c1-4-13-31-16-18-9-11-20(12-10-18)26-23-25-14-19-15-29(21-8-6-5-7-17(21)2)24(30)28(3)22(19)27-23/h4-8,14,18,20,23,26-27H,1,9-13,15-16H2,2-3H3. The number of nitrogens with one attached hydrogen (secondary N) is 2. The lowest BCUT2D eigenvalue weighted by molar-refractivity contribution is 0.0985. The van der Waals surface area contributed by atoms with Gasteiger partial charge in [0.05, 0.1) is 13.2 Å². The Kier molecular flexibility index (Phi) is 6.73. The van der Waals surface area contributed by atoms with E-state index in [0.717, 1.165) is 54.9 Å². The smallest absolute Gasteiger partial charge is 0.330 e. The molecule has 0 saturated heterocycles. The molecule has 2 heterocycles. The first-order valence-electron chi connectivity index (χ1n) is 11.1. The van der Waals surface area contributed by atoms with Crippen LogP contribution in [0.4, 0.5) is 10.5 Å². The van der Waals surface area contributed by atoms with Crippen LogP contribution in [0.1, 0.15) is 31.2 Å². The second kappa shape index (κ2) is 9.66. The molecule has 166 valence electrons. The van der Waals surface area contributed by atoms with E-state index in [9.17, 15) is 4.79 Å². The minimum absolute atomic E-state index is 0.0327. The van der Waals surface area contributed by atoms with Crippen molar-refractivity contribution in [2.75, 3.05) is 31.7 Å². The largest absolute Gasteiger partial charge is 0.377 e. The maximum absolute atomic E-state index is 13.1. The van der Waals surface area contributed by atoms with E-state index >= 15 is 0 Å². The van der Waals surface area contributed by atoms with Gasteiger partial charge in [-0.25, -0.2) is 4.79 Å². The van der Waals surface area contributed by atoms with E-state index in [-0.39, 0.29) is 12.3 Å². The van der Waals surface area contributed by atoms with Gasteiger partial charge in [0, 0.05) is 37.2 Å². The number of hydrogen-bond acceptors (Lipinski definition) is 5. The summed E-state index contributed by atoms with van der Waals surface area (Å²) in [5.74, 6) is 1.47. The molecule has 0 bridgehead atoms. The zero-order chi connectivity index (χ0) is 21.8. The molecule has 0 spiro atoms. The van der Waals surface area contributed by atoms with Crippen molar-refractivity contribution >= 4 is 17.9 Å². The second-order valence-corrected chi connectivity index (χ2v) is 8.62. The van der Waals surface area contributed by atoms with Crippen LogP contribution in [-0.2, 0) is 4.74 Å². The third-order valence-corrected chi connectivity index (χ3v) is 6.37. The molecule has 4 rings (SSSR count). The second-order valence-electron chi connectivity index (χ2n) is 8.62. The first-order valence-corrected chi connectivity index (χ1v) is 11.1. The summed E-state index contributed by atoms with van der Waals surface area (Å²) < 4.78 is 5.61. The number of carbonyl (C=O) groups is 1. The van der Waals surface area contributed by atoms with E-state index in [4.69, 9.17) is 9.73 Å². The number of carbonyl (C=O) groups excluding carboxylic acids is 1. The van der Waals surface area contributed by atoms with Crippen LogP contribution >= 0.6 is 0 Å². The summed E-state index contributed by atoms with van der Waals surface area (Å²) in [5, 5.41) is 7.05. The molecule has 0 aromatic heterocycles. The monoisotopic (exact) mass is 423 g/mol. The molecule has 7 heteroatoms. The number of aliphatic imine (C=N–C) groups is 1. The zero-order valence-corrected chi connectivity index (χ0v) is 18.5. The minimum Gasteiger partial charge on any atom is -0.377 e. The van der Waals surface area contributed by atoms with Crippen LogP contribution in [-0.4, -0.2) is 56.3 Å². The van der Waals surface area contributed by atoms with Gasteiger partial charge < -0.3 is 10.1 Å². The number of nitrogens with zero attached hydrogens (tertiary/aromatic N) is 3. The van der Waals surface area contributed by atoms with E-state index in [1.807, 2.05) is 49.4 Å². The quantitative estimate of drug-likeness (QED) is 0.521. The molecule has 2 aliphatic heterocycles. The Bertz CT molecular complexity index is 872. The first kappa shape index (κ1) is 21.6. The fourth-order valence-electron chi connectivity index (χ4n) is 4.60. The van der Waals surface area contributed by atoms with Gasteiger partial charge in [-0.3, -0.25) is 20.1 Å². The van der Waals surface area contributed by atoms with Gasteiger partial charge >= 0.3 is 6.03 Å². The van der Waals surface area contributed by atoms with E-state index in [1.165, 1.54) is 0 Å². The summed E-state index contributed by atoms with van der Waals surface area (Å²) >= 11 is 0. The van der Waals surface area contributed by atoms with Gasteiger partial charge in [-0.1, -0.05) is 24.3 Å². The molecule has 1 saturated carbocycles. The van der Waals surface area contributed by atoms with Crippen molar-refractivity contribution in [2.24, 2.45) is 10.9 Å². The number of benzene rings is 1. The van der Waals surface area contributed by atoms with Crippen molar-refractivity contribution in [3.63, 3.8) is 0 Å². The van der Waals surface area contributed by atoms with Crippen molar-refractivity contribution in [2.45, 2.75) is 44.9 Å². The number of aryl methyl sites for hydroxylation is 1. The summed E-state index contributed by atoms with van der Waals surface area (Å²) in [7, 11) is 1.82. The lowest BCUT2D eigenvalue weighted by Crippen LogP contribution is -2.56. The van der Waals surface area contributed by atoms with E-state index in [2.05, 4.69) is 17.2 Å². The van der Waals surface area contributed by atoms with Crippen LogP contribution in [0, 0.1) is 12.8 Å². The molecule has 3 aliphatic rings. The molecule has 2 N–H and O–H groups in total. The highest BCUT2D eigenvalue weighted by Gasteiger charge is 2.34. The van der Waals surface area contributed by atoms with E-state index in [0.29, 0.717) is 25.1 Å². The van der Waals surface area contributed by atoms with Gasteiger partial charge in [0.2, 0.25) is 0 Å². The van der Waals surface area contributed by atoms with Crippen molar-refractivity contribution in [3.8, 4) is 0 Å². The lowest BCUT2D eigenvalue weighted by Gasteiger charge is -2.40. The van der Waals surface area contributed by atoms with Crippen LogP contribution in [0.5, 0.6) is 0 Å². The molecular formula is C24H33N5O2. The number of anilines is 1. The highest BCUT2D eigenvalue weighted by atomic mass is 16.5. The van der Waals surface area contributed by atoms with Crippen LogP contribution in [0.25, 0.3) is 0 Å². The Morgan fingerprint density at radius 3 is 2.81 bits per heavy atom. The fourth-order valence-corrected chi connectivity index (χ4v) is 4.60. The molecule has 1 fully saturated rings. The minimum atomic E-state index is -0.211. The molecule has 0 radical (unpaired) electrons. The maximum atomic E-state index is 13.1. The molecule has 2 amide bonds. The summed E-state index contributed by atoms with van der Waals surface area (Å²) in [6.45, 7) is 7.69. The fraction of sp³-hybridized carbons (Fsp3) is 0.500. The van der Waals surface area contributed by atoms with Gasteiger partial charge in [0.1, 0.15) is 5.82 Å². The Hall–Kier alpha value is -2.64. The average Bonchev–Trinajstić information content (AvgIpc) is 2.78. The number of para-hydroxylation sites is 1. The van der Waals surface area contributed by atoms with Crippen molar-refractivity contribution in [3.05, 3.63) is 53.9 Å². The number of ether oxygens (including phenoxy) is 1. The maximum Gasteiger partial charge on any atom is 0.330 e. The predicted octanol–water partition coefficient (Wildman–Crippen LogP) is 3.39. The molecule has 31 heavy (non-hydrogen) atoms. The van der Waals surface area contributed by atoms with Crippen LogP contribution in [0.15, 0.2) is 53.3 Å². The Labute approximate surface area is 184 Å². The zero-order valence-electron chi connectivity index (χ0n) is 18.5. The number of amides is 2. The predicted molar refractivity (Wildman–Crippen MR) is 124 cm³/mol. The first-order chi connectivity index (χ1) is 15.1. The normalized spacial score (nSPS) is 26.0. The van der Waals surface area contributed by atoms with Crippen LogP contribution in [0.3, 0.4) is 0 Å². The van der Waals surface area contributed by atoms with Gasteiger partial charge in [0.15, 0.2) is 6.29 Å². The Morgan fingerprint density at radius 1 is 1.29 bits per heavy atom. The van der Waals surface area contributed by atoms with Gasteiger partial charge in [-0.15, -0.1) is 6.58 Å². The summed E-state index contributed by atoms with van der Waals surface area (Å²) in [6, 6.07) is 8.36. The Balaban J connectivity index is 1.34. The summed E-state index contributed by atoms with van der Waals surface area (Å²) in [5.41, 5.74) is 3.04. The van der Waals surface area contributed by atoms with Crippen LogP contribution < -0.4 is 15.5 Å². The van der Waals surface area contributed by atoms with E-state index in [1.54, 1.807) is 11.0 Å². The highest BCUT2D eigenvalue weighted by Crippen LogP contribution is 2.28. The van der Waals surface area contributed by atoms with Crippen molar-refractivity contribution in [1.82, 2.24) is 15.5 Å². The summed E-state index contributed by atoms with van der Waals surface area (Å²) in [4.78, 5) is 21.3. The lowest BCUT2D eigenvalue weighted by atomic mass is 9.86. The Morgan fingerprint density at radius 2 is 2.06 bits per heavy atom. The third kappa shape index (κ3) is 4.83. The van der Waals surface area contributed by atoms with Crippen LogP contribution in [0.2, 0.25) is 0 Å².